The largest absolute Gasteiger partial charge is 0.398 e. The van der Waals surface area contributed by atoms with Crippen LogP contribution >= 0.6 is 15.9 Å². The van der Waals surface area contributed by atoms with Gasteiger partial charge in [0.2, 0.25) is 0 Å². The van der Waals surface area contributed by atoms with Crippen LogP contribution in [0.2, 0.25) is 0 Å². The lowest BCUT2D eigenvalue weighted by molar-refractivity contribution is 0.616. The summed E-state index contributed by atoms with van der Waals surface area (Å²) in [6.45, 7) is 1.64. The van der Waals surface area contributed by atoms with Gasteiger partial charge in [0.15, 0.2) is 0 Å². The Hall–Kier alpha value is -1.01. The molecule has 2 N–H and O–H groups in total. The normalized spacial score (nSPS) is 9.15. The molecule has 3 heteroatoms. The van der Waals surface area contributed by atoms with Crippen molar-refractivity contribution in [3.63, 3.8) is 0 Å². The molecular formula is C10H9BrFN. The van der Waals surface area contributed by atoms with Gasteiger partial charge in [-0.25, -0.2) is 4.39 Å². The number of halogens is 2. The summed E-state index contributed by atoms with van der Waals surface area (Å²) in [6.07, 6.45) is 0. The molecule has 0 fully saturated rings. The number of benzene rings is 1. The molecule has 0 aromatic heterocycles. The van der Waals surface area contributed by atoms with Crippen LogP contribution in [-0.2, 0) is 0 Å². The van der Waals surface area contributed by atoms with Crippen LogP contribution in [0, 0.1) is 24.6 Å². The topological polar surface area (TPSA) is 26.0 Å². The van der Waals surface area contributed by atoms with Gasteiger partial charge in [-0.2, -0.15) is 0 Å². The molecule has 1 rings (SSSR count). The van der Waals surface area contributed by atoms with E-state index in [0.717, 1.165) is 0 Å². The van der Waals surface area contributed by atoms with Crippen molar-refractivity contribution < 1.29 is 4.39 Å². The highest BCUT2D eigenvalue weighted by atomic mass is 79.9. The first kappa shape index (κ1) is 10.1. The van der Waals surface area contributed by atoms with E-state index >= 15 is 0 Å². The standard InChI is InChI=1S/C10H9BrFN/c1-7-9(13)5-4-8(10(7)12)3-2-6-11/h4-5H,6,13H2,1H3. The molecule has 0 bridgehead atoms. The lowest BCUT2D eigenvalue weighted by Gasteiger charge is -2.02. The zero-order chi connectivity index (χ0) is 9.84. The van der Waals surface area contributed by atoms with Crippen LogP contribution in [0.4, 0.5) is 10.1 Å². The van der Waals surface area contributed by atoms with Crippen molar-refractivity contribution in [2.75, 3.05) is 11.1 Å². The van der Waals surface area contributed by atoms with Crippen molar-refractivity contribution in [2.24, 2.45) is 0 Å². The molecule has 68 valence electrons. The van der Waals surface area contributed by atoms with Crippen LogP contribution in [0.5, 0.6) is 0 Å². The van der Waals surface area contributed by atoms with E-state index in [9.17, 15) is 4.39 Å². The third-order valence-electron chi connectivity index (χ3n) is 1.72. The lowest BCUT2D eigenvalue weighted by Crippen LogP contribution is -1.95. The Kier molecular flexibility index (Phi) is 3.32. The number of anilines is 1. The second-order valence-electron chi connectivity index (χ2n) is 2.58. The van der Waals surface area contributed by atoms with Crippen molar-refractivity contribution in [1.29, 1.82) is 0 Å². The van der Waals surface area contributed by atoms with Crippen LogP contribution < -0.4 is 5.73 Å². The van der Waals surface area contributed by atoms with E-state index in [2.05, 4.69) is 27.8 Å². The quantitative estimate of drug-likeness (QED) is 0.422. The molecule has 1 nitrogen and oxygen atoms in total. The minimum absolute atomic E-state index is 0.326. The second-order valence-corrected chi connectivity index (χ2v) is 3.14. The molecule has 0 spiro atoms. The fourth-order valence-corrected chi connectivity index (χ4v) is 1.07. The summed E-state index contributed by atoms with van der Waals surface area (Å²) >= 11 is 3.14. The summed E-state index contributed by atoms with van der Waals surface area (Å²) in [7, 11) is 0. The van der Waals surface area contributed by atoms with E-state index in [1.54, 1.807) is 19.1 Å². The van der Waals surface area contributed by atoms with Crippen molar-refractivity contribution >= 4 is 21.6 Å². The summed E-state index contributed by atoms with van der Waals surface area (Å²) in [4.78, 5) is 0. The van der Waals surface area contributed by atoms with Crippen LogP contribution in [0.1, 0.15) is 11.1 Å². The van der Waals surface area contributed by atoms with Crippen molar-refractivity contribution in [2.45, 2.75) is 6.92 Å². The molecule has 0 heterocycles. The molecule has 0 aliphatic rings. The number of hydrogen-bond donors (Lipinski definition) is 1. The molecule has 0 aliphatic carbocycles. The van der Waals surface area contributed by atoms with E-state index in [1.165, 1.54) is 0 Å². The van der Waals surface area contributed by atoms with Crippen LogP contribution in [0.3, 0.4) is 0 Å². The minimum atomic E-state index is -0.326. The molecular weight excluding hydrogens is 233 g/mol. The van der Waals surface area contributed by atoms with Crippen LogP contribution in [-0.4, -0.2) is 5.33 Å². The number of nitrogen functional groups attached to an aromatic ring is 1. The molecule has 1 aromatic rings. The smallest absolute Gasteiger partial charge is 0.143 e. The number of alkyl halides is 1. The predicted octanol–water partition coefficient (Wildman–Crippen LogP) is 2.46. The average Bonchev–Trinajstić information content (AvgIpc) is 2.13. The second kappa shape index (κ2) is 4.29. The highest BCUT2D eigenvalue weighted by Crippen LogP contribution is 2.17. The zero-order valence-electron chi connectivity index (χ0n) is 7.20. The average molecular weight is 242 g/mol. The predicted molar refractivity (Wildman–Crippen MR) is 56.2 cm³/mol. The van der Waals surface area contributed by atoms with Gasteiger partial charge < -0.3 is 5.73 Å². The maximum atomic E-state index is 13.4. The SMILES string of the molecule is Cc1c(N)ccc(C#CCBr)c1F. The van der Waals surface area contributed by atoms with E-state index in [4.69, 9.17) is 5.73 Å². The summed E-state index contributed by atoms with van der Waals surface area (Å²) in [6, 6.07) is 3.25. The molecule has 0 aliphatic heterocycles. The van der Waals surface area contributed by atoms with Gasteiger partial charge in [-0.1, -0.05) is 27.8 Å². The van der Waals surface area contributed by atoms with Crippen LogP contribution in [0.15, 0.2) is 12.1 Å². The molecule has 0 amide bonds. The van der Waals surface area contributed by atoms with Gasteiger partial charge in [-0.15, -0.1) is 0 Å². The number of hydrogen-bond acceptors (Lipinski definition) is 1. The number of nitrogens with two attached hydrogens (primary N) is 1. The van der Waals surface area contributed by atoms with Gasteiger partial charge >= 0.3 is 0 Å². The van der Waals surface area contributed by atoms with Gasteiger partial charge in [0, 0.05) is 11.3 Å². The third-order valence-corrected chi connectivity index (χ3v) is 2.00. The Balaban J connectivity index is 3.18. The Morgan fingerprint density at radius 2 is 2.23 bits per heavy atom. The molecule has 0 saturated carbocycles. The van der Waals surface area contributed by atoms with E-state index in [1.807, 2.05) is 0 Å². The Morgan fingerprint density at radius 3 is 2.85 bits per heavy atom. The molecule has 1 aromatic carbocycles. The van der Waals surface area contributed by atoms with Gasteiger partial charge in [0.25, 0.3) is 0 Å². The fourth-order valence-electron chi connectivity index (χ4n) is 0.925. The molecule has 13 heavy (non-hydrogen) atoms. The number of rotatable bonds is 0. The maximum Gasteiger partial charge on any atom is 0.143 e. The first-order valence-corrected chi connectivity index (χ1v) is 4.88. The first-order valence-electron chi connectivity index (χ1n) is 3.76. The van der Waals surface area contributed by atoms with Gasteiger partial charge in [-0.3, -0.25) is 0 Å². The van der Waals surface area contributed by atoms with Crippen molar-refractivity contribution in [3.8, 4) is 11.8 Å². The molecule has 0 saturated heterocycles. The molecule has 0 atom stereocenters. The maximum absolute atomic E-state index is 13.4. The third kappa shape index (κ3) is 2.22. The molecule has 0 radical (unpaired) electrons. The Labute approximate surface area is 85.3 Å². The zero-order valence-corrected chi connectivity index (χ0v) is 8.78. The monoisotopic (exact) mass is 241 g/mol. The van der Waals surface area contributed by atoms with E-state index in [-0.39, 0.29) is 5.82 Å². The Morgan fingerprint density at radius 1 is 1.54 bits per heavy atom. The minimum Gasteiger partial charge on any atom is -0.398 e. The highest BCUT2D eigenvalue weighted by molar-refractivity contribution is 9.09. The lowest BCUT2D eigenvalue weighted by atomic mass is 10.1. The Bertz CT molecular complexity index is 376. The fraction of sp³-hybridized carbons (Fsp3) is 0.200. The summed E-state index contributed by atoms with van der Waals surface area (Å²) in [5.41, 5.74) is 6.84. The van der Waals surface area contributed by atoms with Gasteiger partial charge in [-0.05, 0) is 19.1 Å². The first-order chi connectivity index (χ1) is 6.16. The van der Waals surface area contributed by atoms with E-state index < -0.39 is 0 Å². The summed E-state index contributed by atoms with van der Waals surface area (Å²) < 4.78 is 13.4. The van der Waals surface area contributed by atoms with Gasteiger partial charge in [0.05, 0.1) is 10.9 Å². The highest BCUT2D eigenvalue weighted by Gasteiger charge is 2.04. The van der Waals surface area contributed by atoms with Gasteiger partial charge in [0.1, 0.15) is 5.82 Å². The molecule has 0 unspecified atom stereocenters. The van der Waals surface area contributed by atoms with Crippen molar-refractivity contribution in [3.05, 3.63) is 29.1 Å². The van der Waals surface area contributed by atoms with Crippen molar-refractivity contribution in [1.82, 2.24) is 0 Å². The summed E-state index contributed by atoms with van der Waals surface area (Å²) in [5.74, 6) is 5.12. The van der Waals surface area contributed by atoms with E-state index in [0.29, 0.717) is 22.1 Å². The summed E-state index contributed by atoms with van der Waals surface area (Å²) in [5, 5.41) is 0.538. The van der Waals surface area contributed by atoms with Crippen LogP contribution in [0.25, 0.3) is 0 Å².